The van der Waals surface area contributed by atoms with Crippen LogP contribution in [0.3, 0.4) is 0 Å². The fourth-order valence-corrected chi connectivity index (χ4v) is 3.33. The van der Waals surface area contributed by atoms with Gasteiger partial charge < -0.3 is 15.2 Å². The van der Waals surface area contributed by atoms with Gasteiger partial charge in [-0.1, -0.05) is 24.3 Å². The highest BCUT2D eigenvalue weighted by Crippen LogP contribution is 2.09. The molecule has 1 aromatic carbocycles. The van der Waals surface area contributed by atoms with E-state index in [4.69, 9.17) is 0 Å². The van der Waals surface area contributed by atoms with Crippen LogP contribution >= 0.6 is 11.3 Å². The molecule has 0 saturated heterocycles. The molecule has 0 radical (unpaired) electrons. The second kappa shape index (κ2) is 9.87. The van der Waals surface area contributed by atoms with E-state index >= 15 is 0 Å². The molecule has 0 amide bonds. The Bertz CT molecular complexity index is 836. The Kier molecular flexibility index (Phi) is 6.98. The number of nitrogens with one attached hydrogen (secondary N) is 2. The molecule has 2 aromatic heterocycles. The Morgan fingerprint density at radius 2 is 2.00 bits per heavy atom. The van der Waals surface area contributed by atoms with Crippen LogP contribution in [0.25, 0.3) is 0 Å². The molecule has 7 heteroatoms. The lowest BCUT2D eigenvalue weighted by Gasteiger charge is -2.11. The number of aryl methyl sites for hydroxylation is 1. The summed E-state index contributed by atoms with van der Waals surface area (Å²) in [5, 5.41) is 9.91. The maximum absolute atomic E-state index is 4.69. The van der Waals surface area contributed by atoms with Crippen LogP contribution in [0, 0.1) is 6.92 Å². The normalized spacial score (nSPS) is 11.6. The van der Waals surface area contributed by atoms with Gasteiger partial charge in [0.05, 0.1) is 23.6 Å². The number of aromatic nitrogens is 3. The Morgan fingerprint density at radius 3 is 2.67 bits per heavy atom. The standard InChI is InChI=1S/C20H26N6S/c1-3-22-20(23-9-8-19-14-27-16(2)25-19)24-12-17-4-6-18(7-5-17)13-26-11-10-21-15-26/h4-7,10-11,14-15H,3,8-9,12-13H2,1-2H3,(H2,22,23,24). The molecule has 0 aliphatic heterocycles. The molecule has 3 rings (SSSR count). The van der Waals surface area contributed by atoms with Crippen LogP contribution in [0.5, 0.6) is 0 Å². The van der Waals surface area contributed by atoms with Gasteiger partial charge in [0.15, 0.2) is 5.96 Å². The number of guanidine groups is 1. The third kappa shape index (κ3) is 6.21. The van der Waals surface area contributed by atoms with Gasteiger partial charge in [0, 0.05) is 43.8 Å². The molecule has 27 heavy (non-hydrogen) atoms. The van der Waals surface area contributed by atoms with Crippen LogP contribution in [0.2, 0.25) is 0 Å². The smallest absolute Gasteiger partial charge is 0.191 e. The van der Waals surface area contributed by atoms with Crippen LogP contribution in [-0.4, -0.2) is 33.6 Å². The van der Waals surface area contributed by atoms with Crippen LogP contribution in [0.15, 0.2) is 53.4 Å². The molecule has 2 N–H and O–H groups in total. The van der Waals surface area contributed by atoms with Crippen molar-refractivity contribution < 1.29 is 0 Å². The van der Waals surface area contributed by atoms with E-state index in [1.54, 1.807) is 17.5 Å². The van der Waals surface area contributed by atoms with Crippen molar-refractivity contribution in [1.82, 2.24) is 25.2 Å². The minimum absolute atomic E-state index is 0.649. The summed E-state index contributed by atoms with van der Waals surface area (Å²) < 4.78 is 2.06. The highest BCUT2D eigenvalue weighted by molar-refractivity contribution is 7.09. The summed E-state index contributed by atoms with van der Waals surface area (Å²) in [4.78, 5) is 13.3. The molecule has 0 unspecified atom stereocenters. The van der Waals surface area contributed by atoms with Crippen LogP contribution in [0.4, 0.5) is 0 Å². The minimum Gasteiger partial charge on any atom is -0.357 e. The molecule has 0 bridgehead atoms. The maximum atomic E-state index is 4.69. The second-order valence-electron chi connectivity index (χ2n) is 6.28. The highest BCUT2D eigenvalue weighted by atomic mass is 32.1. The second-order valence-corrected chi connectivity index (χ2v) is 7.34. The first kappa shape index (κ1) is 19.1. The summed E-state index contributed by atoms with van der Waals surface area (Å²) in [6.07, 6.45) is 6.50. The number of thiazole rings is 1. The van der Waals surface area contributed by atoms with E-state index in [2.05, 4.69) is 66.7 Å². The molecule has 0 aliphatic rings. The van der Waals surface area contributed by atoms with E-state index in [9.17, 15) is 0 Å². The average molecular weight is 383 g/mol. The van der Waals surface area contributed by atoms with Gasteiger partial charge in [-0.15, -0.1) is 11.3 Å². The van der Waals surface area contributed by atoms with E-state index in [1.165, 1.54) is 11.1 Å². The number of nitrogens with zero attached hydrogens (tertiary/aromatic N) is 4. The third-order valence-corrected chi connectivity index (χ3v) is 4.87. The van der Waals surface area contributed by atoms with Crippen molar-refractivity contribution in [2.24, 2.45) is 4.99 Å². The number of imidazole rings is 1. The first-order valence-corrected chi connectivity index (χ1v) is 10.1. The van der Waals surface area contributed by atoms with Crippen molar-refractivity contribution >= 4 is 17.3 Å². The van der Waals surface area contributed by atoms with Gasteiger partial charge in [-0.2, -0.15) is 0 Å². The third-order valence-electron chi connectivity index (χ3n) is 4.05. The van der Waals surface area contributed by atoms with Crippen LogP contribution in [0.1, 0.15) is 28.8 Å². The lowest BCUT2D eigenvalue weighted by molar-refractivity contribution is 0.788. The number of aliphatic imine (C=N–C) groups is 1. The molecule has 0 fully saturated rings. The van der Waals surface area contributed by atoms with Gasteiger partial charge in [0.1, 0.15) is 0 Å². The first-order valence-electron chi connectivity index (χ1n) is 9.19. The molecular formula is C20H26N6S. The van der Waals surface area contributed by atoms with E-state index in [0.717, 1.165) is 42.7 Å². The zero-order valence-electron chi connectivity index (χ0n) is 15.9. The lowest BCUT2D eigenvalue weighted by Crippen LogP contribution is -2.38. The van der Waals surface area contributed by atoms with Crippen molar-refractivity contribution in [2.45, 2.75) is 33.4 Å². The summed E-state index contributed by atoms with van der Waals surface area (Å²) in [5.41, 5.74) is 3.58. The average Bonchev–Trinajstić information content (AvgIpc) is 3.33. The van der Waals surface area contributed by atoms with E-state index in [1.807, 2.05) is 19.4 Å². The Morgan fingerprint density at radius 1 is 1.19 bits per heavy atom. The van der Waals surface area contributed by atoms with Crippen molar-refractivity contribution in [3.05, 3.63) is 70.2 Å². The van der Waals surface area contributed by atoms with Gasteiger partial charge in [0.25, 0.3) is 0 Å². The summed E-state index contributed by atoms with van der Waals surface area (Å²) in [5.74, 6) is 0.840. The fourth-order valence-electron chi connectivity index (χ4n) is 2.69. The van der Waals surface area contributed by atoms with Crippen molar-refractivity contribution in [2.75, 3.05) is 13.1 Å². The Balaban J connectivity index is 1.51. The van der Waals surface area contributed by atoms with Gasteiger partial charge >= 0.3 is 0 Å². The summed E-state index contributed by atoms with van der Waals surface area (Å²) in [7, 11) is 0. The molecule has 0 spiro atoms. The van der Waals surface area contributed by atoms with Gasteiger partial charge in [-0.3, -0.25) is 0 Å². The van der Waals surface area contributed by atoms with Gasteiger partial charge in [0.2, 0.25) is 0 Å². The van der Waals surface area contributed by atoms with E-state index < -0.39 is 0 Å². The first-order chi connectivity index (χ1) is 13.2. The molecule has 2 heterocycles. The molecule has 3 aromatic rings. The van der Waals surface area contributed by atoms with Crippen molar-refractivity contribution in [3.63, 3.8) is 0 Å². The number of hydrogen-bond donors (Lipinski definition) is 2. The number of rotatable bonds is 8. The zero-order chi connectivity index (χ0) is 18.9. The monoisotopic (exact) mass is 382 g/mol. The Hall–Kier alpha value is -2.67. The molecule has 142 valence electrons. The zero-order valence-corrected chi connectivity index (χ0v) is 16.7. The largest absolute Gasteiger partial charge is 0.357 e. The molecule has 0 atom stereocenters. The molecular weight excluding hydrogens is 356 g/mol. The van der Waals surface area contributed by atoms with Crippen LogP contribution in [-0.2, 0) is 19.5 Å². The van der Waals surface area contributed by atoms with E-state index in [-0.39, 0.29) is 0 Å². The predicted octanol–water partition coefficient (Wildman–Crippen LogP) is 2.99. The fraction of sp³-hybridized carbons (Fsp3) is 0.350. The topological polar surface area (TPSA) is 67.1 Å². The number of hydrogen-bond acceptors (Lipinski definition) is 4. The summed E-state index contributed by atoms with van der Waals surface area (Å²) in [6.45, 7) is 7.25. The van der Waals surface area contributed by atoms with Crippen molar-refractivity contribution in [1.29, 1.82) is 0 Å². The van der Waals surface area contributed by atoms with Crippen molar-refractivity contribution in [3.8, 4) is 0 Å². The highest BCUT2D eigenvalue weighted by Gasteiger charge is 2.01. The minimum atomic E-state index is 0.649. The van der Waals surface area contributed by atoms with Gasteiger partial charge in [-0.05, 0) is 25.0 Å². The summed E-state index contributed by atoms with van der Waals surface area (Å²) >= 11 is 1.69. The predicted molar refractivity (Wildman–Crippen MR) is 111 cm³/mol. The quantitative estimate of drug-likeness (QED) is 0.464. The molecule has 0 aliphatic carbocycles. The lowest BCUT2D eigenvalue weighted by atomic mass is 10.1. The SMILES string of the molecule is CCNC(=NCc1ccc(Cn2ccnc2)cc1)NCCc1csc(C)n1. The molecule has 6 nitrogen and oxygen atoms in total. The molecule has 0 saturated carbocycles. The van der Waals surface area contributed by atoms with Gasteiger partial charge in [-0.25, -0.2) is 15.0 Å². The van der Waals surface area contributed by atoms with Crippen LogP contribution < -0.4 is 10.6 Å². The maximum Gasteiger partial charge on any atom is 0.191 e. The Labute approximate surface area is 164 Å². The number of benzene rings is 1. The van der Waals surface area contributed by atoms with E-state index in [0.29, 0.717) is 6.54 Å². The summed E-state index contributed by atoms with van der Waals surface area (Å²) in [6, 6.07) is 8.57.